The van der Waals surface area contributed by atoms with E-state index in [9.17, 15) is 19.2 Å². The molecule has 0 aliphatic carbocycles. The molecule has 0 bridgehead atoms. The van der Waals surface area contributed by atoms with Crippen LogP contribution in [0.3, 0.4) is 0 Å². The largest absolute Gasteiger partial charge is 0.457 e. The van der Waals surface area contributed by atoms with Crippen molar-refractivity contribution in [1.29, 1.82) is 0 Å². The number of rotatable bonds is 8. The van der Waals surface area contributed by atoms with E-state index in [4.69, 9.17) is 14.3 Å². The van der Waals surface area contributed by atoms with Crippen molar-refractivity contribution in [3.8, 4) is 0 Å². The van der Waals surface area contributed by atoms with Gasteiger partial charge in [0.25, 0.3) is 5.91 Å². The van der Waals surface area contributed by atoms with Gasteiger partial charge in [0.15, 0.2) is 10.8 Å². The molecular weight excluding hydrogens is 605 g/mol. The van der Waals surface area contributed by atoms with Crippen molar-refractivity contribution in [3.63, 3.8) is 0 Å². The zero-order valence-corrected chi connectivity index (χ0v) is 24.5. The van der Waals surface area contributed by atoms with E-state index in [1.165, 1.54) is 19.2 Å². The Bertz CT molecular complexity index is 1040. The number of anilines is 1. The highest BCUT2D eigenvalue weighted by Gasteiger charge is 2.41. The summed E-state index contributed by atoms with van der Waals surface area (Å²) in [6.07, 6.45) is -0.718. The van der Waals surface area contributed by atoms with Crippen LogP contribution in [0.4, 0.5) is 9.93 Å². The second-order valence-electron chi connectivity index (χ2n) is 10.4. The summed E-state index contributed by atoms with van der Waals surface area (Å²) in [5.74, 6) is -1.75. The number of aromatic nitrogens is 1. The van der Waals surface area contributed by atoms with E-state index in [1.54, 1.807) is 41.5 Å². The summed E-state index contributed by atoms with van der Waals surface area (Å²) in [6.45, 7) is 13.2. The molecule has 1 aliphatic rings. The molecule has 0 saturated carbocycles. The quantitative estimate of drug-likeness (QED) is 0.0981. The van der Waals surface area contributed by atoms with Gasteiger partial charge in [0.05, 0.1) is 6.04 Å². The third kappa shape index (κ3) is 8.57. The third-order valence-corrected chi connectivity index (χ3v) is 6.00. The molecular formula is C22H32IN5O7S. The first-order valence-electron chi connectivity index (χ1n) is 11.0. The maximum atomic E-state index is 13.1. The van der Waals surface area contributed by atoms with Crippen LogP contribution >= 0.6 is 33.9 Å². The Labute approximate surface area is 227 Å². The van der Waals surface area contributed by atoms with E-state index in [2.05, 4.69) is 48.7 Å². The minimum Gasteiger partial charge on any atom is -0.457 e. The summed E-state index contributed by atoms with van der Waals surface area (Å²) in [6, 6.07) is -0.987. The van der Waals surface area contributed by atoms with Crippen molar-refractivity contribution in [3.05, 3.63) is 11.1 Å². The molecule has 12 nitrogen and oxygen atoms in total. The van der Waals surface area contributed by atoms with E-state index in [-0.39, 0.29) is 28.5 Å². The highest BCUT2D eigenvalue weighted by molar-refractivity contribution is 14.1. The first-order valence-corrected chi connectivity index (χ1v) is 13.4. The number of thiazole rings is 1. The van der Waals surface area contributed by atoms with Crippen LogP contribution in [0.5, 0.6) is 0 Å². The highest BCUT2D eigenvalue weighted by atomic mass is 127. The topological polar surface area (TPSA) is 157 Å². The molecule has 2 atom stereocenters. The van der Waals surface area contributed by atoms with Gasteiger partial charge in [-0.3, -0.25) is 14.9 Å². The maximum Gasteiger partial charge on any atom is 0.413 e. The average molecular weight is 637 g/mol. The zero-order chi connectivity index (χ0) is 27.5. The molecule has 1 aromatic rings. The van der Waals surface area contributed by atoms with Crippen molar-refractivity contribution < 1.29 is 33.5 Å². The van der Waals surface area contributed by atoms with Crippen LogP contribution < -0.4 is 16.0 Å². The molecule has 2 heterocycles. The Balaban J connectivity index is 2.30. The second-order valence-corrected chi connectivity index (χ2v) is 12.2. The molecule has 1 saturated heterocycles. The number of hydrogen-bond acceptors (Lipinski definition) is 10. The van der Waals surface area contributed by atoms with Crippen molar-refractivity contribution in [1.82, 2.24) is 15.6 Å². The predicted octanol–water partition coefficient (Wildman–Crippen LogP) is 2.75. The summed E-state index contributed by atoms with van der Waals surface area (Å²) in [5.41, 5.74) is -3.23. The van der Waals surface area contributed by atoms with Gasteiger partial charge in [-0.05, 0) is 55.4 Å². The number of esters is 1. The minimum atomic E-state index is -1.54. The molecule has 200 valence electrons. The van der Waals surface area contributed by atoms with Crippen LogP contribution in [-0.2, 0) is 28.7 Å². The van der Waals surface area contributed by atoms with Gasteiger partial charge >= 0.3 is 12.1 Å². The molecule has 0 unspecified atom stereocenters. The summed E-state index contributed by atoms with van der Waals surface area (Å²) in [4.78, 5) is 59.4. The fraction of sp³-hybridized carbons (Fsp3) is 0.636. The van der Waals surface area contributed by atoms with Gasteiger partial charge in [0.1, 0.15) is 22.9 Å². The van der Waals surface area contributed by atoms with Crippen LogP contribution in [0.2, 0.25) is 0 Å². The van der Waals surface area contributed by atoms with Gasteiger partial charge < -0.3 is 24.9 Å². The van der Waals surface area contributed by atoms with Gasteiger partial charge in [-0.25, -0.2) is 14.6 Å². The lowest BCUT2D eigenvalue weighted by Gasteiger charge is -2.35. The Morgan fingerprint density at radius 3 is 2.25 bits per heavy atom. The Morgan fingerprint density at radius 2 is 1.72 bits per heavy atom. The van der Waals surface area contributed by atoms with Crippen molar-refractivity contribution in [2.75, 3.05) is 9.74 Å². The molecule has 36 heavy (non-hydrogen) atoms. The first-order chi connectivity index (χ1) is 16.4. The number of carbonyl (C=O) groups is 4. The fourth-order valence-electron chi connectivity index (χ4n) is 2.58. The van der Waals surface area contributed by atoms with Crippen molar-refractivity contribution in [2.24, 2.45) is 5.16 Å². The monoisotopic (exact) mass is 637 g/mol. The van der Waals surface area contributed by atoms with E-state index >= 15 is 0 Å². The Hall–Kier alpha value is -2.49. The lowest BCUT2D eigenvalue weighted by molar-refractivity contribution is -0.179. The number of oxime groups is 1. The zero-order valence-electron chi connectivity index (χ0n) is 21.5. The van der Waals surface area contributed by atoms with Crippen molar-refractivity contribution in [2.45, 2.75) is 84.3 Å². The standard InChI is InChI=1S/C22H32IN5O7S/c1-20(2,3)33-17(31)22(7,8)35-28-14(16(30)26-13-11(9-23)24-15(13)29)12-10-36-18(25-12)27-19(32)34-21(4,5)6/h10-11,13H,9H2,1-8H3,(H,24,29)(H,26,30)(H,25,27,32)/b28-14+/t11-,13+/m1/s1. The first kappa shape index (κ1) is 29.7. The van der Waals surface area contributed by atoms with Crippen LogP contribution in [0.15, 0.2) is 10.5 Å². The van der Waals surface area contributed by atoms with Gasteiger partial charge in [-0.1, -0.05) is 27.7 Å². The number of alkyl halides is 1. The average Bonchev–Trinajstić information content (AvgIpc) is 3.15. The molecule has 2 rings (SSSR count). The highest BCUT2D eigenvalue weighted by Crippen LogP contribution is 2.21. The lowest BCUT2D eigenvalue weighted by Crippen LogP contribution is -2.70. The van der Waals surface area contributed by atoms with Crippen molar-refractivity contribution >= 4 is 68.6 Å². The van der Waals surface area contributed by atoms with Gasteiger partial charge in [0.2, 0.25) is 11.5 Å². The second kappa shape index (κ2) is 11.3. The SMILES string of the molecule is CC(C)(C)OC(=O)Nc1nc(/C(=N\OC(C)(C)C(=O)OC(C)(C)C)C(=O)N[C@@H]2C(=O)N[C@@H]2CI)cs1. The fourth-order valence-corrected chi connectivity index (χ4v) is 3.99. The number of nitrogens with one attached hydrogen (secondary N) is 3. The number of amides is 3. The number of carbonyl (C=O) groups excluding carboxylic acids is 4. The van der Waals surface area contributed by atoms with Crippen LogP contribution in [-0.4, -0.2) is 67.9 Å². The van der Waals surface area contributed by atoms with Crippen LogP contribution in [0.25, 0.3) is 0 Å². The smallest absolute Gasteiger partial charge is 0.413 e. The van der Waals surface area contributed by atoms with E-state index < -0.39 is 40.8 Å². The molecule has 0 aromatic carbocycles. The third-order valence-electron chi connectivity index (χ3n) is 4.29. The minimum absolute atomic E-state index is 0.0642. The summed E-state index contributed by atoms with van der Waals surface area (Å²) in [7, 11) is 0. The molecule has 0 spiro atoms. The van der Waals surface area contributed by atoms with E-state index in [1.807, 2.05) is 0 Å². The summed E-state index contributed by atoms with van der Waals surface area (Å²) in [5, 5.41) is 13.4. The Kier molecular flexibility index (Phi) is 9.31. The molecule has 14 heteroatoms. The molecule has 0 radical (unpaired) electrons. The summed E-state index contributed by atoms with van der Waals surface area (Å²) < 4.78 is 11.2. The molecule has 1 aliphatic heterocycles. The predicted molar refractivity (Wildman–Crippen MR) is 142 cm³/mol. The number of nitrogens with zero attached hydrogens (tertiary/aromatic N) is 2. The van der Waals surface area contributed by atoms with E-state index in [0.717, 1.165) is 11.3 Å². The number of ether oxygens (including phenoxy) is 2. The number of hydrogen-bond donors (Lipinski definition) is 3. The lowest BCUT2D eigenvalue weighted by atomic mass is 10.0. The van der Waals surface area contributed by atoms with Crippen LogP contribution in [0, 0.1) is 0 Å². The molecule has 3 N–H and O–H groups in total. The molecule has 1 fully saturated rings. The van der Waals surface area contributed by atoms with Gasteiger partial charge in [0, 0.05) is 9.81 Å². The van der Waals surface area contributed by atoms with Gasteiger partial charge in [-0.2, -0.15) is 0 Å². The summed E-state index contributed by atoms with van der Waals surface area (Å²) >= 11 is 3.13. The normalized spacial score (nSPS) is 18.5. The maximum absolute atomic E-state index is 13.1. The van der Waals surface area contributed by atoms with Crippen LogP contribution in [0.1, 0.15) is 61.1 Å². The molecule has 1 aromatic heterocycles. The number of β-lactam (4-membered cyclic amide) rings is 1. The van der Waals surface area contributed by atoms with E-state index in [0.29, 0.717) is 4.43 Å². The number of halogens is 1. The van der Waals surface area contributed by atoms with Gasteiger partial charge in [-0.15, -0.1) is 11.3 Å². The Morgan fingerprint density at radius 1 is 1.11 bits per heavy atom. The molecule has 3 amide bonds.